The summed E-state index contributed by atoms with van der Waals surface area (Å²) in [5, 5.41) is 8.04. The zero-order chi connectivity index (χ0) is 12.3. The van der Waals surface area contributed by atoms with Crippen molar-refractivity contribution in [3.63, 3.8) is 0 Å². The van der Waals surface area contributed by atoms with E-state index in [4.69, 9.17) is 5.73 Å². The van der Waals surface area contributed by atoms with E-state index >= 15 is 0 Å². The third kappa shape index (κ3) is 3.07. The van der Waals surface area contributed by atoms with Crippen LogP contribution in [0.15, 0.2) is 4.60 Å². The highest BCUT2D eigenvalue weighted by Gasteiger charge is 2.25. The third-order valence-electron chi connectivity index (χ3n) is 3.80. The molecule has 1 saturated carbocycles. The van der Waals surface area contributed by atoms with Gasteiger partial charge in [-0.15, -0.1) is 5.10 Å². The van der Waals surface area contributed by atoms with Gasteiger partial charge in [0.05, 0.1) is 11.7 Å². The van der Waals surface area contributed by atoms with Crippen LogP contribution >= 0.6 is 15.9 Å². The van der Waals surface area contributed by atoms with E-state index in [1.807, 2.05) is 7.05 Å². The minimum Gasteiger partial charge on any atom is -0.322 e. The molecule has 1 atom stereocenters. The molecular formula is C12H21BrN4. The summed E-state index contributed by atoms with van der Waals surface area (Å²) in [6.45, 7) is 0. The van der Waals surface area contributed by atoms with Gasteiger partial charge in [0.25, 0.3) is 0 Å². The zero-order valence-corrected chi connectivity index (χ0v) is 12.0. The van der Waals surface area contributed by atoms with Crippen molar-refractivity contribution in [2.45, 2.75) is 51.0 Å². The van der Waals surface area contributed by atoms with E-state index in [1.54, 1.807) is 4.68 Å². The third-order valence-corrected chi connectivity index (χ3v) is 4.36. The monoisotopic (exact) mass is 300 g/mol. The van der Waals surface area contributed by atoms with Gasteiger partial charge >= 0.3 is 0 Å². The lowest BCUT2D eigenvalue weighted by molar-refractivity contribution is 0.318. The minimum atomic E-state index is 0.0578. The average Bonchev–Trinajstić information content (AvgIpc) is 2.57. The Morgan fingerprint density at radius 2 is 1.82 bits per heavy atom. The first kappa shape index (κ1) is 13.0. The molecule has 1 aliphatic carbocycles. The van der Waals surface area contributed by atoms with Gasteiger partial charge in [0, 0.05) is 7.05 Å². The molecule has 1 unspecified atom stereocenters. The molecule has 1 aromatic rings. The highest BCUT2D eigenvalue weighted by molar-refractivity contribution is 9.10. The molecule has 0 spiro atoms. The fourth-order valence-electron chi connectivity index (χ4n) is 2.76. The van der Waals surface area contributed by atoms with Gasteiger partial charge in [0.1, 0.15) is 0 Å². The molecule has 1 aromatic heterocycles. The van der Waals surface area contributed by atoms with Crippen molar-refractivity contribution >= 4 is 15.9 Å². The van der Waals surface area contributed by atoms with E-state index in [0.717, 1.165) is 10.3 Å². The molecule has 1 aliphatic rings. The SMILES string of the molecule is Cn1nnc(Br)c1C(N)C1CCCCCCC1. The second-order valence-electron chi connectivity index (χ2n) is 5.02. The molecule has 2 N–H and O–H groups in total. The summed E-state index contributed by atoms with van der Waals surface area (Å²) in [6.07, 6.45) is 9.18. The molecule has 1 fully saturated rings. The summed E-state index contributed by atoms with van der Waals surface area (Å²) in [5.41, 5.74) is 7.44. The molecule has 0 saturated heterocycles. The smallest absolute Gasteiger partial charge is 0.153 e. The van der Waals surface area contributed by atoms with Gasteiger partial charge in [-0.1, -0.05) is 37.3 Å². The number of hydrogen-bond acceptors (Lipinski definition) is 3. The summed E-state index contributed by atoms with van der Waals surface area (Å²) in [6, 6.07) is 0.0578. The Bertz CT molecular complexity index is 336. The average molecular weight is 301 g/mol. The van der Waals surface area contributed by atoms with Crippen LogP contribution in [0.1, 0.15) is 56.7 Å². The number of hydrogen-bond donors (Lipinski definition) is 1. The van der Waals surface area contributed by atoms with E-state index in [0.29, 0.717) is 5.92 Å². The van der Waals surface area contributed by atoms with Crippen LogP contribution in [0, 0.1) is 5.92 Å². The van der Waals surface area contributed by atoms with Crippen LogP contribution in [0.5, 0.6) is 0 Å². The number of halogens is 1. The van der Waals surface area contributed by atoms with Crippen LogP contribution in [0.4, 0.5) is 0 Å². The fourth-order valence-corrected chi connectivity index (χ4v) is 3.35. The molecule has 0 radical (unpaired) electrons. The van der Waals surface area contributed by atoms with E-state index in [-0.39, 0.29) is 6.04 Å². The molecule has 0 amide bonds. The lowest BCUT2D eigenvalue weighted by Crippen LogP contribution is -2.25. The zero-order valence-electron chi connectivity index (χ0n) is 10.4. The Hall–Kier alpha value is -0.420. The maximum absolute atomic E-state index is 6.41. The second kappa shape index (κ2) is 5.96. The summed E-state index contributed by atoms with van der Waals surface area (Å²) >= 11 is 3.44. The number of nitrogens with two attached hydrogens (primary N) is 1. The van der Waals surface area contributed by atoms with Crippen LogP contribution in [0.3, 0.4) is 0 Å². The number of rotatable bonds is 2. The summed E-state index contributed by atoms with van der Waals surface area (Å²) < 4.78 is 2.60. The molecule has 4 nitrogen and oxygen atoms in total. The van der Waals surface area contributed by atoms with Gasteiger partial charge in [-0.05, 0) is 34.7 Å². The standard InChI is InChI=1S/C12H21BrN4/c1-17-11(12(13)15-16-17)10(14)9-7-5-3-2-4-6-8-9/h9-10H,2-8,14H2,1H3. The maximum Gasteiger partial charge on any atom is 0.153 e. The molecule has 2 rings (SSSR count). The van der Waals surface area contributed by atoms with Crippen molar-refractivity contribution in [1.82, 2.24) is 15.0 Å². The van der Waals surface area contributed by atoms with Crippen LogP contribution in [-0.4, -0.2) is 15.0 Å². The first-order chi connectivity index (χ1) is 8.20. The molecule has 0 bridgehead atoms. The summed E-state index contributed by atoms with van der Waals surface area (Å²) in [4.78, 5) is 0. The molecule has 0 aliphatic heterocycles. The van der Waals surface area contributed by atoms with Crippen LogP contribution in [0.2, 0.25) is 0 Å². The molecular weight excluding hydrogens is 280 g/mol. The molecule has 5 heteroatoms. The van der Waals surface area contributed by atoms with Gasteiger partial charge in [-0.3, -0.25) is 0 Å². The molecule has 17 heavy (non-hydrogen) atoms. The van der Waals surface area contributed by atoms with Gasteiger partial charge in [-0.2, -0.15) is 0 Å². The van der Waals surface area contributed by atoms with E-state index in [1.165, 1.54) is 44.9 Å². The van der Waals surface area contributed by atoms with Crippen LogP contribution < -0.4 is 5.73 Å². The predicted molar refractivity (Wildman–Crippen MR) is 71.4 cm³/mol. The van der Waals surface area contributed by atoms with Gasteiger partial charge in [0.15, 0.2) is 4.60 Å². The highest BCUT2D eigenvalue weighted by Crippen LogP contribution is 2.33. The Labute approximate surface area is 111 Å². The van der Waals surface area contributed by atoms with Gasteiger partial charge < -0.3 is 5.73 Å². The van der Waals surface area contributed by atoms with Gasteiger partial charge in [-0.25, -0.2) is 4.68 Å². The first-order valence-electron chi connectivity index (χ1n) is 6.51. The van der Waals surface area contributed by atoms with Crippen LogP contribution in [0.25, 0.3) is 0 Å². The van der Waals surface area contributed by atoms with Crippen molar-refractivity contribution in [2.24, 2.45) is 18.7 Å². The Morgan fingerprint density at radius 3 is 2.35 bits per heavy atom. The number of aromatic nitrogens is 3. The molecule has 0 aromatic carbocycles. The minimum absolute atomic E-state index is 0.0578. The Balaban J connectivity index is 2.09. The quantitative estimate of drug-likeness (QED) is 0.913. The van der Waals surface area contributed by atoms with Crippen molar-refractivity contribution in [3.05, 3.63) is 10.3 Å². The van der Waals surface area contributed by atoms with Crippen molar-refractivity contribution in [1.29, 1.82) is 0 Å². The van der Waals surface area contributed by atoms with E-state index < -0.39 is 0 Å². The van der Waals surface area contributed by atoms with Crippen molar-refractivity contribution in [2.75, 3.05) is 0 Å². The van der Waals surface area contributed by atoms with E-state index in [9.17, 15) is 0 Å². The summed E-state index contributed by atoms with van der Waals surface area (Å²) in [5.74, 6) is 0.573. The number of nitrogens with zero attached hydrogens (tertiary/aromatic N) is 3. The van der Waals surface area contributed by atoms with Gasteiger partial charge in [0.2, 0.25) is 0 Å². The summed E-state index contributed by atoms with van der Waals surface area (Å²) in [7, 11) is 1.91. The molecule has 1 heterocycles. The molecule has 96 valence electrons. The van der Waals surface area contributed by atoms with Crippen LogP contribution in [-0.2, 0) is 7.05 Å². The second-order valence-corrected chi connectivity index (χ2v) is 5.77. The highest BCUT2D eigenvalue weighted by atomic mass is 79.9. The normalized spacial score (nSPS) is 20.9. The predicted octanol–water partition coefficient (Wildman–Crippen LogP) is 2.94. The lowest BCUT2D eigenvalue weighted by Gasteiger charge is -2.25. The number of aryl methyl sites for hydroxylation is 1. The van der Waals surface area contributed by atoms with Crippen molar-refractivity contribution < 1.29 is 0 Å². The fraction of sp³-hybridized carbons (Fsp3) is 0.833. The topological polar surface area (TPSA) is 56.7 Å². The lowest BCUT2D eigenvalue weighted by atomic mass is 9.85. The Morgan fingerprint density at radius 1 is 1.24 bits per heavy atom. The van der Waals surface area contributed by atoms with Crippen molar-refractivity contribution in [3.8, 4) is 0 Å². The largest absolute Gasteiger partial charge is 0.322 e. The van der Waals surface area contributed by atoms with E-state index in [2.05, 4.69) is 26.2 Å². The Kier molecular flexibility index (Phi) is 4.56. The first-order valence-corrected chi connectivity index (χ1v) is 7.30. The maximum atomic E-state index is 6.41.